The first-order chi connectivity index (χ1) is 9.63. The highest BCUT2D eigenvalue weighted by Crippen LogP contribution is 2.29. The minimum Gasteiger partial charge on any atom is -0.394 e. The van der Waals surface area contributed by atoms with Crippen LogP contribution < -0.4 is 5.32 Å². The van der Waals surface area contributed by atoms with E-state index in [4.69, 9.17) is 9.84 Å². The van der Waals surface area contributed by atoms with E-state index in [-0.39, 0.29) is 6.61 Å². The molecule has 3 rings (SSSR count). The zero-order valence-corrected chi connectivity index (χ0v) is 10.6. The maximum Gasteiger partial charge on any atom is 0.162 e. The van der Waals surface area contributed by atoms with E-state index in [9.17, 15) is 15.3 Å². The summed E-state index contributed by atoms with van der Waals surface area (Å²) in [6.45, 7) is -0.0485. The summed E-state index contributed by atoms with van der Waals surface area (Å²) in [4.78, 5) is 10.00. The van der Waals surface area contributed by atoms with E-state index in [1.54, 1.807) is 4.90 Å². The number of hydrogen-bond acceptors (Lipinski definition) is 9. The number of nitrogens with one attached hydrogen (secondary N) is 1. The maximum absolute atomic E-state index is 10.0. The number of aliphatic hydroxyl groups is 4. The van der Waals surface area contributed by atoms with Gasteiger partial charge in [0.05, 0.1) is 25.4 Å². The molecule has 3 aliphatic heterocycles. The Bertz CT molecular complexity index is 420. The maximum atomic E-state index is 10.0. The third-order valence-corrected chi connectivity index (χ3v) is 3.83. The standard InChI is InChI=1S/C11H18N4O5/c16-2-6-8(18)9(19)11(20-6)15-4-14-7-5(17)1-12-3-13-10(7)15/h3-11,16-19H,1-2H2,(H,12,13)/t5-,6?,7?,8?,9?,10?,11?/m0/s1. The molecule has 7 atom stereocenters. The van der Waals surface area contributed by atoms with Crippen molar-refractivity contribution in [3.63, 3.8) is 0 Å². The zero-order chi connectivity index (χ0) is 14.3. The Balaban J connectivity index is 1.79. The second kappa shape index (κ2) is 5.26. The summed E-state index contributed by atoms with van der Waals surface area (Å²) in [5, 5.41) is 41.7. The van der Waals surface area contributed by atoms with Crippen molar-refractivity contribution in [2.75, 3.05) is 13.2 Å². The largest absolute Gasteiger partial charge is 0.394 e. The van der Waals surface area contributed by atoms with Crippen molar-refractivity contribution >= 4 is 12.7 Å². The predicted octanol–water partition coefficient (Wildman–Crippen LogP) is -3.54. The van der Waals surface area contributed by atoms with Crippen molar-refractivity contribution in [1.29, 1.82) is 0 Å². The molecule has 0 spiro atoms. The summed E-state index contributed by atoms with van der Waals surface area (Å²) >= 11 is 0. The lowest BCUT2D eigenvalue weighted by atomic mass is 10.1. The molecule has 3 aliphatic rings. The fraction of sp³-hybridized carbons (Fsp3) is 0.818. The Morgan fingerprint density at radius 2 is 2.05 bits per heavy atom. The van der Waals surface area contributed by atoms with E-state index in [1.165, 1.54) is 12.7 Å². The van der Waals surface area contributed by atoms with Gasteiger partial charge in [-0.1, -0.05) is 0 Å². The highest BCUT2D eigenvalue weighted by molar-refractivity contribution is 5.62. The molecular weight excluding hydrogens is 268 g/mol. The van der Waals surface area contributed by atoms with Gasteiger partial charge in [0.1, 0.15) is 24.4 Å². The normalized spacial score (nSPS) is 47.2. The van der Waals surface area contributed by atoms with Crippen molar-refractivity contribution in [3.05, 3.63) is 0 Å². The molecule has 0 radical (unpaired) electrons. The van der Waals surface area contributed by atoms with E-state index in [1.807, 2.05) is 0 Å². The first-order valence-corrected chi connectivity index (χ1v) is 6.50. The van der Waals surface area contributed by atoms with E-state index in [2.05, 4.69) is 15.3 Å². The molecule has 112 valence electrons. The molecular formula is C11H18N4O5. The highest BCUT2D eigenvalue weighted by atomic mass is 16.6. The van der Waals surface area contributed by atoms with Crippen LogP contribution in [0.5, 0.6) is 0 Å². The monoisotopic (exact) mass is 286 g/mol. The molecule has 0 aromatic carbocycles. The summed E-state index contributed by atoms with van der Waals surface area (Å²) in [5.41, 5.74) is 0. The fourth-order valence-electron chi connectivity index (χ4n) is 2.70. The molecule has 3 heterocycles. The Kier molecular flexibility index (Phi) is 3.61. The van der Waals surface area contributed by atoms with Gasteiger partial charge in [-0.3, -0.25) is 4.99 Å². The van der Waals surface area contributed by atoms with Gasteiger partial charge in [0, 0.05) is 6.54 Å². The van der Waals surface area contributed by atoms with Crippen LogP contribution in [0.4, 0.5) is 0 Å². The Morgan fingerprint density at radius 3 is 2.75 bits per heavy atom. The van der Waals surface area contributed by atoms with Crippen LogP contribution in [0.25, 0.3) is 0 Å². The van der Waals surface area contributed by atoms with Gasteiger partial charge in [-0.25, -0.2) is 4.99 Å². The topological polar surface area (TPSA) is 130 Å². The molecule has 6 unspecified atom stereocenters. The molecule has 0 amide bonds. The number of hydrogen-bond donors (Lipinski definition) is 5. The van der Waals surface area contributed by atoms with Crippen molar-refractivity contribution in [1.82, 2.24) is 10.2 Å². The first-order valence-electron chi connectivity index (χ1n) is 6.50. The third-order valence-electron chi connectivity index (χ3n) is 3.83. The van der Waals surface area contributed by atoms with Crippen molar-refractivity contribution < 1.29 is 25.2 Å². The molecule has 0 aliphatic carbocycles. The lowest BCUT2D eigenvalue weighted by Crippen LogP contribution is -2.50. The number of β-amino-alcohol motifs (C(OH)–C–C–N with tert-alkyl or cyclic N) is 1. The van der Waals surface area contributed by atoms with Gasteiger partial charge in [0.25, 0.3) is 0 Å². The fourth-order valence-corrected chi connectivity index (χ4v) is 2.70. The van der Waals surface area contributed by atoms with Crippen LogP contribution in [-0.4, -0.2) is 94.0 Å². The zero-order valence-electron chi connectivity index (χ0n) is 10.6. The van der Waals surface area contributed by atoms with Crippen LogP contribution in [0.3, 0.4) is 0 Å². The summed E-state index contributed by atoms with van der Waals surface area (Å²) in [6.07, 6.45) is -2.33. The minimum absolute atomic E-state index is 0.339. The van der Waals surface area contributed by atoms with Gasteiger partial charge in [0.2, 0.25) is 0 Å². The Labute approximate surface area is 115 Å². The Morgan fingerprint density at radius 1 is 1.25 bits per heavy atom. The average molecular weight is 286 g/mol. The lowest BCUT2D eigenvalue weighted by Gasteiger charge is -2.31. The molecule has 9 heteroatoms. The van der Waals surface area contributed by atoms with E-state index in [0.717, 1.165) is 0 Å². The first kappa shape index (κ1) is 13.7. The van der Waals surface area contributed by atoms with Crippen molar-refractivity contribution in [2.24, 2.45) is 9.98 Å². The number of fused-ring (bicyclic) bond motifs is 1. The molecule has 0 aromatic rings. The van der Waals surface area contributed by atoms with Gasteiger partial charge < -0.3 is 35.4 Å². The minimum atomic E-state index is -1.18. The average Bonchev–Trinajstić information content (AvgIpc) is 2.92. The molecule has 9 nitrogen and oxygen atoms in total. The van der Waals surface area contributed by atoms with Gasteiger partial charge >= 0.3 is 0 Å². The van der Waals surface area contributed by atoms with Gasteiger partial charge in [-0.05, 0) is 0 Å². The molecule has 5 N–H and O–H groups in total. The van der Waals surface area contributed by atoms with E-state index in [0.29, 0.717) is 6.54 Å². The highest BCUT2D eigenvalue weighted by Gasteiger charge is 2.49. The second-order valence-electron chi connectivity index (χ2n) is 5.10. The summed E-state index contributed by atoms with van der Waals surface area (Å²) in [5.74, 6) is 0. The van der Waals surface area contributed by atoms with Gasteiger partial charge in [-0.2, -0.15) is 0 Å². The molecule has 0 bridgehead atoms. The molecule has 1 saturated heterocycles. The molecule has 0 aromatic heterocycles. The number of nitrogens with zero attached hydrogens (tertiary/aromatic N) is 3. The van der Waals surface area contributed by atoms with E-state index >= 15 is 0 Å². The second-order valence-corrected chi connectivity index (χ2v) is 5.10. The molecule has 20 heavy (non-hydrogen) atoms. The SMILES string of the molecule is OCC1OC(N2C=NC3C2N=CNC[C@@H]3O)C(O)C1O. The number of aliphatic imine (C=N–C) groups is 2. The smallest absolute Gasteiger partial charge is 0.162 e. The summed E-state index contributed by atoms with van der Waals surface area (Å²) in [6, 6.07) is -0.456. The summed E-state index contributed by atoms with van der Waals surface area (Å²) < 4.78 is 5.45. The quantitative estimate of drug-likeness (QED) is 0.355. The predicted molar refractivity (Wildman–Crippen MR) is 68.2 cm³/mol. The number of aliphatic hydroxyl groups excluding tert-OH is 4. The number of rotatable bonds is 2. The van der Waals surface area contributed by atoms with Crippen LogP contribution in [0.15, 0.2) is 9.98 Å². The molecule has 1 fully saturated rings. The van der Waals surface area contributed by atoms with E-state index < -0.39 is 42.9 Å². The van der Waals surface area contributed by atoms with Crippen LogP contribution in [0, 0.1) is 0 Å². The van der Waals surface area contributed by atoms with Crippen LogP contribution >= 0.6 is 0 Å². The molecule has 0 saturated carbocycles. The lowest BCUT2D eigenvalue weighted by molar-refractivity contribution is -0.0815. The summed E-state index contributed by atoms with van der Waals surface area (Å²) in [7, 11) is 0. The van der Waals surface area contributed by atoms with Gasteiger partial charge in [0.15, 0.2) is 12.4 Å². The van der Waals surface area contributed by atoms with Crippen LogP contribution in [0.1, 0.15) is 0 Å². The third kappa shape index (κ3) is 2.07. The van der Waals surface area contributed by atoms with Crippen LogP contribution in [0.2, 0.25) is 0 Å². The van der Waals surface area contributed by atoms with Crippen molar-refractivity contribution in [3.8, 4) is 0 Å². The Hall–Kier alpha value is -1.26. The number of ether oxygens (including phenoxy) is 1. The van der Waals surface area contributed by atoms with Gasteiger partial charge in [-0.15, -0.1) is 0 Å². The van der Waals surface area contributed by atoms with Crippen LogP contribution in [-0.2, 0) is 4.74 Å². The van der Waals surface area contributed by atoms with Crippen molar-refractivity contribution in [2.45, 2.75) is 42.9 Å².